The van der Waals surface area contributed by atoms with Gasteiger partial charge in [0, 0.05) is 16.1 Å². The molecule has 0 amide bonds. The molecule has 0 saturated carbocycles. The Morgan fingerprint density at radius 1 is 1.33 bits per heavy atom. The van der Waals surface area contributed by atoms with Crippen LogP contribution in [0.3, 0.4) is 0 Å². The van der Waals surface area contributed by atoms with Crippen LogP contribution < -0.4 is 19.6 Å². The number of esters is 1. The number of fused-ring (bicyclic) bond motifs is 1. The molecule has 0 fully saturated rings. The molecule has 2 heterocycles. The van der Waals surface area contributed by atoms with Crippen molar-refractivity contribution in [1.29, 1.82) is 0 Å². The van der Waals surface area contributed by atoms with E-state index in [0.717, 1.165) is 11.3 Å². The summed E-state index contributed by atoms with van der Waals surface area (Å²) >= 11 is 4.24. The van der Waals surface area contributed by atoms with Crippen LogP contribution in [0.15, 0.2) is 61.9 Å². The lowest BCUT2D eigenvalue weighted by molar-refractivity contribution is -0.385. The van der Waals surface area contributed by atoms with Crippen molar-refractivity contribution in [2.75, 3.05) is 13.7 Å². The first-order valence-electron chi connectivity index (χ1n) is 10.7. The Morgan fingerprint density at radius 3 is 2.64 bits per heavy atom. The fraction of sp³-hybridized carbons (Fsp3) is 0.208. The quantitative estimate of drug-likeness (QED) is 0.272. The van der Waals surface area contributed by atoms with E-state index >= 15 is 0 Å². The average molecular weight is 574 g/mol. The molecule has 3 aromatic rings. The van der Waals surface area contributed by atoms with Gasteiger partial charge in [0.25, 0.3) is 5.56 Å². The third kappa shape index (κ3) is 4.56. The predicted molar refractivity (Wildman–Crippen MR) is 136 cm³/mol. The van der Waals surface area contributed by atoms with Crippen LogP contribution in [0.5, 0.6) is 11.5 Å². The smallest absolute Gasteiger partial charge is 0.338 e. The summed E-state index contributed by atoms with van der Waals surface area (Å²) < 4.78 is 12.4. The fourth-order valence-corrected chi connectivity index (χ4v) is 5.39. The van der Waals surface area contributed by atoms with Crippen LogP contribution in [0.25, 0.3) is 6.08 Å². The van der Waals surface area contributed by atoms with Crippen molar-refractivity contribution >= 4 is 45.0 Å². The number of ether oxygens (including phenoxy) is 2. The zero-order chi connectivity index (χ0) is 26.1. The second-order valence-electron chi connectivity index (χ2n) is 7.70. The van der Waals surface area contributed by atoms with Crippen LogP contribution in [0.4, 0.5) is 5.69 Å². The van der Waals surface area contributed by atoms with Gasteiger partial charge in [0.05, 0.1) is 40.5 Å². The maximum Gasteiger partial charge on any atom is 0.338 e. The number of allylic oxidation sites excluding steroid dienone is 1. The van der Waals surface area contributed by atoms with Gasteiger partial charge in [0.15, 0.2) is 4.80 Å². The van der Waals surface area contributed by atoms with Crippen LogP contribution in [0.1, 0.15) is 31.0 Å². The molecule has 0 unspecified atom stereocenters. The Labute approximate surface area is 216 Å². The number of phenols is 1. The SMILES string of the molecule is CCOC(=O)C1=C(C)N=c2s/c(=C\c3cc(Br)cc([N+](=O)[O-])c3O)c(=O)n2[C@@H]1c1ccc(OC)cc1. The summed E-state index contributed by atoms with van der Waals surface area (Å²) in [6, 6.07) is 8.77. The molecule has 10 nitrogen and oxygen atoms in total. The van der Waals surface area contributed by atoms with Crippen molar-refractivity contribution in [2.45, 2.75) is 19.9 Å². The summed E-state index contributed by atoms with van der Waals surface area (Å²) in [7, 11) is 1.54. The van der Waals surface area contributed by atoms with E-state index < -0.39 is 33.9 Å². The lowest BCUT2D eigenvalue weighted by Gasteiger charge is -2.24. The molecule has 1 N–H and O–H groups in total. The number of hydrogen-bond donors (Lipinski definition) is 1. The summed E-state index contributed by atoms with van der Waals surface area (Å²) in [6.07, 6.45) is 1.37. The third-order valence-corrected chi connectivity index (χ3v) is 6.96. The van der Waals surface area contributed by atoms with Gasteiger partial charge in [-0.15, -0.1) is 0 Å². The summed E-state index contributed by atoms with van der Waals surface area (Å²) in [5, 5.41) is 21.7. The van der Waals surface area contributed by atoms with Crippen molar-refractivity contribution in [3.8, 4) is 11.5 Å². The minimum atomic E-state index is -0.821. The molecular weight excluding hydrogens is 554 g/mol. The van der Waals surface area contributed by atoms with Gasteiger partial charge in [-0.25, -0.2) is 9.79 Å². The zero-order valence-corrected chi connectivity index (χ0v) is 21.8. The molecule has 1 aliphatic rings. The molecular formula is C24H20BrN3O7S. The predicted octanol–water partition coefficient (Wildman–Crippen LogP) is 3.18. The highest BCUT2D eigenvalue weighted by Gasteiger charge is 2.33. The molecule has 0 radical (unpaired) electrons. The van der Waals surface area contributed by atoms with E-state index in [1.54, 1.807) is 38.1 Å². The minimum absolute atomic E-state index is 0.0867. The summed E-state index contributed by atoms with van der Waals surface area (Å²) in [4.78, 5) is 42.0. The summed E-state index contributed by atoms with van der Waals surface area (Å²) in [5.74, 6) is -0.547. The first kappa shape index (κ1) is 25.3. The van der Waals surface area contributed by atoms with E-state index in [4.69, 9.17) is 9.47 Å². The highest BCUT2D eigenvalue weighted by molar-refractivity contribution is 9.10. The molecule has 186 valence electrons. The number of phenolic OH excluding ortho intramolecular Hbond substituents is 1. The van der Waals surface area contributed by atoms with Gasteiger partial charge in [0.2, 0.25) is 5.75 Å². The molecule has 0 spiro atoms. The molecule has 2 aromatic carbocycles. The normalized spacial score (nSPS) is 15.3. The number of nitro benzene ring substituents is 1. The number of hydrogen-bond acceptors (Lipinski definition) is 9. The largest absolute Gasteiger partial charge is 0.502 e. The van der Waals surface area contributed by atoms with E-state index in [1.807, 2.05) is 0 Å². The van der Waals surface area contributed by atoms with Crippen LogP contribution in [0.2, 0.25) is 0 Å². The number of thiazole rings is 1. The molecule has 0 bridgehead atoms. The molecule has 4 rings (SSSR count). The Kier molecular flexibility index (Phi) is 7.09. The lowest BCUT2D eigenvalue weighted by Crippen LogP contribution is -2.39. The lowest BCUT2D eigenvalue weighted by atomic mass is 9.96. The molecule has 0 aliphatic carbocycles. The summed E-state index contributed by atoms with van der Waals surface area (Å²) in [6.45, 7) is 3.51. The number of carbonyl (C=O) groups is 1. The van der Waals surface area contributed by atoms with Crippen molar-refractivity contribution in [1.82, 2.24) is 4.57 Å². The first-order valence-corrected chi connectivity index (χ1v) is 12.3. The zero-order valence-electron chi connectivity index (χ0n) is 19.4. The standard InChI is InChI=1S/C24H20BrN3O7S/c1-4-35-23(31)19-12(2)26-24-27(20(19)13-5-7-16(34-3)8-6-13)22(30)18(36-24)10-14-9-15(25)11-17(21(14)29)28(32)33/h5-11,20,29H,4H2,1-3H3/b18-10-/t20-/m1/s1. The molecule has 1 atom stereocenters. The van der Waals surface area contributed by atoms with Crippen molar-refractivity contribution in [2.24, 2.45) is 4.99 Å². The number of benzene rings is 2. The number of aromatic hydroxyl groups is 1. The van der Waals surface area contributed by atoms with E-state index in [-0.39, 0.29) is 22.3 Å². The van der Waals surface area contributed by atoms with Crippen LogP contribution in [-0.4, -0.2) is 34.3 Å². The van der Waals surface area contributed by atoms with Gasteiger partial charge in [-0.3, -0.25) is 19.5 Å². The number of nitrogens with zero attached hydrogens (tertiary/aromatic N) is 3. The number of halogens is 1. The average Bonchev–Trinajstić information content (AvgIpc) is 3.14. The Hall–Kier alpha value is -3.77. The topological polar surface area (TPSA) is 133 Å². The number of aromatic nitrogens is 1. The Balaban J connectivity index is 1.97. The van der Waals surface area contributed by atoms with Crippen molar-refractivity contribution in [3.63, 3.8) is 0 Å². The molecule has 1 aromatic heterocycles. The Bertz CT molecular complexity index is 1590. The van der Waals surface area contributed by atoms with Crippen LogP contribution in [-0.2, 0) is 9.53 Å². The first-order chi connectivity index (χ1) is 17.2. The van der Waals surface area contributed by atoms with E-state index in [0.29, 0.717) is 26.3 Å². The number of nitro groups is 1. The van der Waals surface area contributed by atoms with Crippen molar-refractivity contribution < 1.29 is 24.3 Å². The van der Waals surface area contributed by atoms with Gasteiger partial charge >= 0.3 is 11.7 Å². The highest BCUT2D eigenvalue weighted by Crippen LogP contribution is 2.34. The van der Waals surface area contributed by atoms with Gasteiger partial charge in [-0.05, 0) is 43.7 Å². The maximum atomic E-state index is 13.6. The number of rotatable bonds is 6. The summed E-state index contributed by atoms with van der Waals surface area (Å²) in [5.41, 5.74) is 0.381. The second kappa shape index (κ2) is 10.1. The van der Waals surface area contributed by atoms with Gasteiger partial charge in [-0.2, -0.15) is 0 Å². The fourth-order valence-electron chi connectivity index (χ4n) is 3.89. The van der Waals surface area contributed by atoms with E-state index in [9.17, 15) is 24.8 Å². The molecule has 12 heteroatoms. The Morgan fingerprint density at radius 2 is 2.03 bits per heavy atom. The number of carbonyl (C=O) groups excluding carboxylic acids is 1. The minimum Gasteiger partial charge on any atom is -0.502 e. The highest BCUT2D eigenvalue weighted by atomic mass is 79.9. The third-order valence-electron chi connectivity index (χ3n) is 5.52. The van der Waals surface area contributed by atoms with Gasteiger partial charge < -0.3 is 14.6 Å². The van der Waals surface area contributed by atoms with Crippen molar-refractivity contribution in [3.05, 3.63) is 93.1 Å². The van der Waals surface area contributed by atoms with E-state index in [1.165, 1.54) is 29.9 Å². The van der Waals surface area contributed by atoms with Gasteiger partial charge in [0.1, 0.15) is 5.75 Å². The number of methoxy groups -OCH3 is 1. The molecule has 0 saturated heterocycles. The monoisotopic (exact) mass is 573 g/mol. The maximum absolute atomic E-state index is 13.6. The second-order valence-corrected chi connectivity index (χ2v) is 9.62. The molecule has 36 heavy (non-hydrogen) atoms. The van der Waals surface area contributed by atoms with Gasteiger partial charge in [-0.1, -0.05) is 39.4 Å². The molecule has 1 aliphatic heterocycles. The van der Waals surface area contributed by atoms with Crippen LogP contribution >= 0.6 is 27.3 Å². The van der Waals surface area contributed by atoms with E-state index in [2.05, 4.69) is 20.9 Å². The van der Waals surface area contributed by atoms with Crippen LogP contribution in [0, 0.1) is 10.1 Å².